The maximum absolute atomic E-state index is 2.54. The first-order chi connectivity index (χ1) is 32.0. The van der Waals surface area contributed by atoms with Crippen molar-refractivity contribution in [1.82, 2.24) is 9.13 Å². The van der Waals surface area contributed by atoms with Gasteiger partial charge in [-0.15, -0.1) is 0 Å². The number of nitrogens with zero attached hydrogens (tertiary/aromatic N) is 2. The van der Waals surface area contributed by atoms with E-state index in [9.17, 15) is 0 Å². The summed E-state index contributed by atoms with van der Waals surface area (Å²) in [6.07, 6.45) is 0. The summed E-state index contributed by atoms with van der Waals surface area (Å²) in [6.45, 7) is 4.75. The summed E-state index contributed by atoms with van der Waals surface area (Å²) in [7, 11) is 0. The van der Waals surface area contributed by atoms with Gasteiger partial charge in [0, 0.05) is 38.3 Å². The Morgan fingerprint density at radius 3 is 1.28 bits per heavy atom. The average molecular weight is 829 g/mol. The Balaban J connectivity index is 1.16. The lowest BCUT2D eigenvalue weighted by atomic mass is 9.82. The molecule has 12 aromatic rings. The fraction of sp³-hybridized carbons (Fsp3) is 0.0476. The summed E-state index contributed by atoms with van der Waals surface area (Å²) >= 11 is 0. The molecule has 0 atom stereocenters. The van der Waals surface area contributed by atoms with Crippen LogP contribution in [0.5, 0.6) is 0 Å². The van der Waals surface area contributed by atoms with E-state index in [-0.39, 0.29) is 5.41 Å². The van der Waals surface area contributed by atoms with Crippen molar-refractivity contribution in [3.05, 3.63) is 242 Å². The number of fused-ring (bicyclic) bond motifs is 13. The quantitative estimate of drug-likeness (QED) is 0.167. The Labute approximate surface area is 378 Å². The van der Waals surface area contributed by atoms with E-state index in [2.05, 4.69) is 254 Å². The summed E-state index contributed by atoms with van der Waals surface area (Å²) in [5.74, 6) is 0. The maximum Gasteiger partial charge on any atom is 0.0541 e. The van der Waals surface area contributed by atoms with Crippen LogP contribution in [0.2, 0.25) is 0 Å². The number of para-hydroxylation sites is 2. The lowest BCUT2D eigenvalue weighted by molar-refractivity contribution is 0.660. The molecule has 2 nitrogen and oxygen atoms in total. The van der Waals surface area contributed by atoms with E-state index in [0.29, 0.717) is 0 Å². The van der Waals surface area contributed by atoms with E-state index in [0.717, 1.165) is 22.4 Å². The number of rotatable bonds is 4. The van der Waals surface area contributed by atoms with Gasteiger partial charge in [-0.3, -0.25) is 0 Å². The number of aromatic nitrogens is 2. The fourth-order valence-electron chi connectivity index (χ4n) is 11.0. The third kappa shape index (κ3) is 5.74. The molecule has 0 saturated carbocycles. The van der Waals surface area contributed by atoms with Crippen LogP contribution >= 0.6 is 0 Å². The van der Waals surface area contributed by atoms with Crippen LogP contribution in [0.1, 0.15) is 25.0 Å². The van der Waals surface area contributed by atoms with Gasteiger partial charge in [0.25, 0.3) is 0 Å². The Hall–Kier alpha value is -8.20. The maximum atomic E-state index is 2.54. The Morgan fingerprint density at radius 2 is 0.677 bits per heavy atom. The molecule has 0 saturated heterocycles. The first kappa shape index (κ1) is 37.4. The van der Waals surface area contributed by atoms with Gasteiger partial charge in [0.1, 0.15) is 0 Å². The molecule has 0 fully saturated rings. The predicted molar refractivity (Wildman–Crippen MR) is 276 cm³/mol. The predicted octanol–water partition coefficient (Wildman–Crippen LogP) is 17.0. The molecule has 2 heterocycles. The highest BCUT2D eigenvalue weighted by atomic mass is 15.0. The monoisotopic (exact) mass is 828 g/mol. The minimum Gasteiger partial charge on any atom is -0.309 e. The smallest absolute Gasteiger partial charge is 0.0541 e. The van der Waals surface area contributed by atoms with Gasteiger partial charge in [0.05, 0.1) is 22.1 Å². The van der Waals surface area contributed by atoms with Gasteiger partial charge in [0.2, 0.25) is 0 Å². The van der Waals surface area contributed by atoms with Crippen molar-refractivity contribution in [2.75, 3.05) is 0 Å². The van der Waals surface area contributed by atoms with Gasteiger partial charge in [-0.1, -0.05) is 178 Å². The van der Waals surface area contributed by atoms with Gasteiger partial charge in [-0.2, -0.15) is 0 Å². The number of hydrogen-bond donors (Lipinski definition) is 0. The van der Waals surface area contributed by atoms with E-state index in [1.807, 2.05) is 0 Å². The molecule has 2 aromatic heterocycles. The minimum absolute atomic E-state index is 0.157. The van der Waals surface area contributed by atoms with Crippen LogP contribution < -0.4 is 0 Å². The molecule has 1 aliphatic rings. The third-order valence-electron chi connectivity index (χ3n) is 14.2. The van der Waals surface area contributed by atoms with Crippen LogP contribution in [0.15, 0.2) is 231 Å². The van der Waals surface area contributed by atoms with Crippen molar-refractivity contribution in [1.29, 1.82) is 0 Å². The van der Waals surface area contributed by atoms with Gasteiger partial charge in [-0.05, 0) is 133 Å². The van der Waals surface area contributed by atoms with Crippen LogP contribution in [0, 0.1) is 0 Å². The molecule has 0 unspecified atom stereocenters. The molecule has 306 valence electrons. The highest BCUT2D eigenvalue weighted by Gasteiger charge is 2.35. The van der Waals surface area contributed by atoms with Crippen molar-refractivity contribution in [2.24, 2.45) is 0 Å². The standard InChI is InChI=1S/C63H44N2/c1-63(2)57-27-15-13-25-51(57)52-33-32-46(40-58(52)63)65-60-34-29-42(41-17-5-3-6-18-41)37-54(60)49-23-11-9-21-47(49)48-22-10-12-24-50(48)55-38-43(30-35-61(55)65)44-31-36-62-56(39-44)53-26-14-16-28-59(53)64(62)45-19-7-4-8-20-45/h3-40H,1-2H3. The molecular weight excluding hydrogens is 785 g/mol. The van der Waals surface area contributed by atoms with Crippen LogP contribution in [0.4, 0.5) is 0 Å². The zero-order chi connectivity index (χ0) is 43.2. The van der Waals surface area contributed by atoms with Gasteiger partial charge in [-0.25, -0.2) is 0 Å². The lowest BCUT2D eigenvalue weighted by Gasteiger charge is -2.23. The topological polar surface area (TPSA) is 9.86 Å². The number of hydrogen-bond acceptors (Lipinski definition) is 0. The van der Waals surface area contributed by atoms with Crippen LogP contribution in [-0.4, -0.2) is 9.13 Å². The molecule has 0 amide bonds. The zero-order valence-corrected chi connectivity index (χ0v) is 36.3. The highest BCUT2D eigenvalue weighted by molar-refractivity contribution is 6.20. The Morgan fingerprint density at radius 1 is 0.262 bits per heavy atom. The SMILES string of the molecule is CC1(C)c2ccccc2-c2ccc(-n3c4ccc(-c5ccccc5)cc4c4ccccc4c4ccccc4c4cc(-c5ccc6c(c5)c5ccccc5n6-c5ccccc5)ccc43)cc21. The largest absolute Gasteiger partial charge is 0.309 e. The molecule has 0 N–H and O–H groups in total. The van der Waals surface area contributed by atoms with Crippen molar-refractivity contribution < 1.29 is 0 Å². The summed E-state index contributed by atoms with van der Waals surface area (Å²) in [4.78, 5) is 0. The van der Waals surface area contributed by atoms with Crippen molar-refractivity contribution in [3.8, 4) is 44.8 Å². The molecule has 2 heteroatoms. The van der Waals surface area contributed by atoms with E-state index < -0.39 is 0 Å². The van der Waals surface area contributed by atoms with E-state index in [1.165, 1.54) is 98.6 Å². The summed E-state index contributed by atoms with van der Waals surface area (Å²) in [5.41, 5.74) is 16.9. The Kier molecular flexibility index (Phi) is 8.29. The zero-order valence-electron chi connectivity index (χ0n) is 36.3. The third-order valence-corrected chi connectivity index (χ3v) is 14.2. The summed E-state index contributed by atoms with van der Waals surface area (Å²) < 4.78 is 4.93. The average Bonchev–Trinajstić information content (AvgIpc) is 3.83. The normalized spacial score (nSPS) is 12.9. The molecule has 13 rings (SSSR count). The van der Waals surface area contributed by atoms with Crippen molar-refractivity contribution >= 4 is 65.2 Å². The van der Waals surface area contributed by atoms with E-state index in [1.54, 1.807) is 0 Å². The molecule has 10 aromatic carbocycles. The summed E-state index contributed by atoms with van der Waals surface area (Å²) in [6, 6.07) is 85.6. The molecule has 1 aliphatic carbocycles. The van der Waals surface area contributed by atoms with Crippen LogP contribution in [0.3, 0.4) is 0 Å². The molecule has 0 radical (unpaired) electrons. The Bertz CT molecular complexity index is 3960. The van der Waals surface area contributed by atoms with Crippen molar-refractivity contribution in [2.45, 2.75) is 19.3 Å². The second-order valence-corrected chi connectivity index (χ2v) is 18.1. The molecule has 65 heavy (non-hydrogen) atoms. The van der Waals surface area contributed by atoms with Gasteiger partial charge in [0.15, 0.2) is 0 Å². The van der Waals surface area contributed by atoms with Gasteiger partial charge >= 0.3 is 0 Å². The molecule has 0 spiro atoms. The van der Waals surface area contributed by atoms with E-state index >= 15 is 0 Å². The second kappa shape index (κ2) is 14.4. The second-order valence-electron chi connectivity index (χ2n) is 18.1. The van der Waals surface area contributed by atoms with Crippen molar-refractivity contribution in [3.63, 3.8) is 0 Å². The van der Waals surface area contributed by atoms with Crippen LogP contribution in [-0.2, 0) is 5.41 Å². The molecular formula is C63H44N2. The molecule has 0 aliphatic heterocycles. The van der Waals surface area contributed by atoms with E-state index in [4.69, 9.17) is 0 Å². The number of benzene rings is 10. The lowest BCUT2D eigenvalue weighted by Crippen LogP contribution is -2.15. The fourth-order valence-corrected chi connectivity index (χ4v) is 11.0. The van der Waals surface area contributed by atoms with Gasteiger partial charge < -0.3 is 9.13 Å². The minimum atomic E-state index is -0.157. The first-order valence-electron chi connectivity index (χ1n) is 22.7. The van der Waals surface area contributed by atoms with Crippen LogP contribution in [0.25, 0.3) is 110 Å². The molecule has 0 bridgehead atoms. The first-order valence-corrected chi connectivity index (χ1v) is 22.7. The highest BCUT2D eigenvalue weighted by Crippen LogP contribution is 2.49. The summed E-state index contributed by atoms with van der Waals surface area (Å²) in [5, 5.41) is 9.71.